The monoisotopic (exact) mass is 507 g/mol. The number of ketones is 3. The second-order valence-electron chi connectivity index (χ2n) is 7.79. The molecule has 154 valence electrons. The van der Waals surface area contributed by atoms with Crippen molar-refractivity contribution in [2.24, 2.45) is 11.1 Å². The number of halogens is 1. The number of benzene rings is 1. The van der Waals surface area contributed by atoms with Crippen LogP contribution in [0.15, 0.2) is 23.9 Å². The second kappa shape index (κ2) is 8.90. The van der Waals surface area contributed by atoms with E-state index in [1.54, 1.807) is 6.08 Å². The fourth-order valence-corrected chi connectivity index (χ4v) is 5.49. The highest BCUT2D eigenvalue weighted by Crippen LogP contribution is 2.40. The van der Waals surface area contributed by atoms with Crippen LogP contribution in [-0.4, -0.2) is 33.6 Å². The molecule has 2 aliphatic rings. The van der Waals surface area contributed by atoms with Gasteiger partial charge in [-0.15, -0.1) is 0 Å². The van der Waals surface area contributed by atoms with E-state index in [0.717, 1.165) is 34.2 Å². The topological polar surface area (TPSA) is 72.8 Å². The van der Waals surface area contributed by atoms with E-state index in [4.69, 9.17) is 4.84 Å². The minimum Gasteiger partial charge on any atom is -0.392 e. The van der Waals surface area contributed by atoms with Crippen molar-refractivity contribution in [2.75, 3.05) is 6.61 Å². The predicted octanol–water partition coefficient (Wildman–Crippen LogP) is 4.45. The Bertz CT molecular complexity index is 900. The zero-order valence-corrected chi connectivity index (χ0v) is 19.2. The summed E-state index contributed by atoms with van der Waals surface area (Å²) in [5, 5.41) is 4.01. The minimum atomic E-state index is -0.823. The third-order valence-corrected chi connectivity index (χ3v) is 6.87. The Kier molecular flexibility index (Phi) is 6.71. The van der Waals surface area contributed by atoms with Crippen molar-refractivity contribution in [1.29, 1.82) is 0 Å². The fourth-order valence-electron chi connectivity index (χ4n) is 4.70. The van der Waals surface area contributed by atoms with Crippen LogP contribution in [0.5, 0.6) is 0 Å². The van der Waals surface area contributed by atoms with Gasteiger partial charge in [-0.3, -0.25) is 14.4 Å². The second-order valence-corrected chi connectivity index (χ2v) is 9.30. The standard InChI is InChI=1S/C23H26INO4/c1-5-7-29-25-17(6-2)22-18(26)10-15(11-19(22)27)20-12(3)8-14-9-16(24)23(28)21(14)13(20)4/h5,8,15-16,22H,1,6-7,9-11H2,2-4H3. The van der Waals surface area contributed by atoms with Gasteiger partial charge in [0.15, 0.2) is 5.78 Å². The Morgan fingerprint density at radius 1 is 1.24 bits per heavy atom. The Morgan fingerprint density at radius 3 is 2.48 bits per heavy atom. The van der Waals surface area contributed by atoms with Gasteiger partial charge in [-0.1, -0.05) is 53.4 Å². The molecule has 0 aliphatic heterocycles. The lowest BCUT2D eigenvalue weighted by Gasteiger charge is -2.29. The number of fused-ring (bicyclic) bond motifs is 1. The van der Waals surface area contributed by atoms with Gasteiger partial charge in [0, 0.05) is 18.4 Å². The number of carbonyl (C=O) groups excluding carboxylic acids is 3. The molecule has 0 amide bonds. The Labute approximate surface area is 185 Å². The molecular weight excluding hydrogens is 481 g/mol. The zero-order chi connectivity index (χ0) is 21.3. The molecule has 1 atom stereocenters. The first-order chi connectivity index (χ1) is 13.8. The van der Waals surface area contributed by atoms with Gasteiger partial charge in [-0.05, 0) is 54.9 Å². The Hall–Kier alpha value is -1.83. The highest BCUT2D eigenvalue weighted by atomic mass is 127. The predicted molar refractivity (Wildman–Crippen MR) is 121 cm³/mol. The lowest BCUT2D eigenvalue weighted by Crippen LogP contribution is -2.38. The molecule has 1 unspecified atom stereocenters. The maximum Gasteiger partial charge on any atom is 0.176 e. The van der Waals surface area contributed by atoms with E-state index in [1.165, 1.54) is 0 Å². The molecule has 0 bridgehead atoms. The van der Waals surface area contributed by atoms with Crippen LogP contribution in [0.25, 0.3) is 0 Å². The van der Waals surface area contributed by atoms with Gasteiger partial charge in [-0.2, -0.15) is 0 Å². The van der Waals surface area contributed by atoms with Gasteiger partial charge < -0.3 is 4.84 Å². The fraction of sp³-hybridized carbons (Fsp3) is 0.478. The van der Waals surface area contributed by atoms with Crippen molar-refractivity contribution in [2.45, 2.75) is 56.3 Å². The largest absolute Gasteiger partial charge is 0.392 e. The van der Waals surface area contributed by atoms with E-state index in [-0.39, 0.29) is 46.6 Å². The van der Waals surface area contributed by atoms with E-state index in [0.29, 0.717) is 12.1 Å². The van der Waals surface area contributed by atoms with Crippen molar-refractivity contribution >= 4 is 45.7 Å². The van der Waals surface area contributed by atoms with E-state index < -0.39 is 5.92 Å². The summed E-state index contributed by atoms with van der Waals surface area (Å²) in [6.45, 7) is 9.64. The van der Waals surface area contributed by atoms with Crippen molar-refractivity contribution in [3.05, 3.63) is 46.5 Å². The number of rotatable bonds is 6. The molecule has 5 nitrogen and oxygen atoms in total. The van der Waals surface area contributed by atoms with Gasteiger partial charge >= 0.3 is 0 Å². The van der Waals surface area contributed by atoms with E-state index in [1.807, 2.05) is 20.8 Å². The van der Waals surface area contributed by atoms with Crippen LogP contribution in [0, 0.1) is 19.8 Å². The molecule has 0 aromatic heterocycles. The van der Waals surface area contributed by atoms with Crippen LogP contribution in [-0.2, 0) is 20.8 Å². The molecule has 0 saturated heterocycles. The summed E-state index contributed by atoms with van der Waals surface area (Å²) in [6, 6.07) is 2.07. The number of Topliss-reactive ketones (excluding diaryl/α,β-unsaturated/α-hetero) is 3. The first-order valence-corrected chi connectivity index (χ1v) is 11.2. The van der Waals surface area contributed by atoms with Crippen LogP contribution in [0.1, 0.15) is 64.7 Å². The minimum absolute atomic E-state index is 0.0335. The summed E-state index contributed by atoms with van der Waals surface area (Å²) >= 11 is 2.19. The van der Waals surface area contributed by atoms with Gasteiger partial charge in [0.05, 0.1) is 9.64 Å². The molecule has 3 rings (SSSR count). The average molecular weight is 507 g/mol. The van der Waals surface area contributed by atoms with Crippen molar-refractivity contribution < 1.29 is 19.2 Å². The third-order valence-electron chi connectivity index (χ3n) is 5.86. The first-order valence-electron chi connectivity index (χ1n) is 9.96. The maximum atomic E-state index is 12.9. The summed E-state index contributed by atoms with van der Waals surface area (Å²) in [4.78, 5) is 43.7. The molecule has 0 spiro atoms. The number of carbonyl (C=O) groups is 3. The quantitative estimate of drug-likeness (QED) is 0.109. The molecule has 1 saturated carbocycles. The van der Waals surface area contributed by atoms with Gasteiger partial charge in [0.1, 0.15) is 24.1 Å². The smallest absolute Gasteiger partial charge is 0.176 e. The summed E-state index contributed by atoms with van der Waals surface area (Å²) in [6.07, 6.45) is 3.35. The SMILES string of the molecule is C=CCON=C(CC)C1C(=O)CC(c2c(C)cc3c(c2C)C(=O)C(I)C3)CC1=O. The van der Waals surface area contributed by atoms with Crippen LogP contribution < -0.4 is 0 Å². The zero-order valence-electron chi connectivity index (χ0n) is 17.1. The summed E-state index contributed by atoms with van der Waals surface area (Å²) in [5.41, 5.74) is 5.33. The van der Waals surface area contributed by atoms with Crippen LogP contribution in [0.2, 0.25) is 0 Å². The van der Waals surface area contributed by atoms with Crippen LogP contribution >= 0.6 is 22.6 Å². The molecule has 1 fully saturated rings. The molecule has 29 heavy (non-hydrogen) atoms. The van der Waals surface area contributed by atoms with Gasteiger partial charge in [0.25, 0.3) is 0 Å². The number of hydrogen-bond donors (Lipinski definition) is 0. The summed E-state index contributed by atoms with van der Waals surface area (Å²) < 4.78 is -0.0335. The van der Waals surface area contributed by atoms with E-state index in [2.05, 4.69) is 40.4 Å². The molecular formula is C23H26INO4. The number of alkyl halides is 1. The van der Waals surface area contributed by atoms with Gasteiger partial charge in [-0.25, -0.2) is 0 Å². The van der Waals surface area contributed by atoms with Crippen LogP contribution in [0.3, 0.4) is 0 Å². The molecule has 0 heterocycles. The summed E-state index contributed by atoms with van der Waals surface area (Å²) in [5.74, 6) is -1.09. The van der Waals surface area contributed by atoms with Crippen LogP contribution in [0.4, 0.5) is 0 Å². The number of hydrogen-bond acceptors (Lipinski definition) is 5. The average Bonchev–Trinajstić information content (AvgIpc) is 2.93. The highest BCUT2D eigenvalue weighted by Gasteiger charge is 2.41. The maximum absolute atomic E-state index is 12.9. The van der Waals surface area contributed by atoms with E-state index in [9.17, 15) is 14.4 Å². The molecule has 6 heteroatoms. The molecule has 0 N–H and O–H groups in total. The lowest BCUT2D eigenvalue weighted by atomic mass is 9.72. The molecule has 2 aliphatic carbocycles. The van der Waals surface area contributed by atoms with Crippen molar-refractivity contribution in [1.82, 2.24) is 0 Å². The molecule has 0 radical (unpaired) electrons. The number of oxime groups is 1. The molecule has 1 aromatic carbocycles. The Balaban J connectivity index is 1.91. The first kappa shape index (κ1) is 21.9. The highest BCUT2D eigenvalue weighted by molar-refractivity contribution is 14.1. The van der Waals surface area contributed by atoms with Crippen molar-refractivity contribution in [3.63, 3.8) is 0 Å². The lowest BCUT2D eigenvalue weighted by molar-refractivity contribution is -0.133. The molecule has 1 aromatic rings. The number of aryl methyl sites for hydroxylation is 1. The number of nitrogens with zero attached hydrogens (tertiary/aromatic N) is 1. The van der Waals surface area contributed by atoms with Gasteiger partial charge in [0.2, 0.25) is 0 Å². The Morgan fingerprint density at radius 2 is 1.90 bits per heavy atom. The normalized spacial score (nSPS) is 24.6. The van der Waals surface area contributed by atoms with Crippen molar-refractivity contribution in [3.8, 4) is 0 Å². The summed E-state index contributed by atoms with van der Waals surface area (Å²) in [7, 11) is 0. The third kappa shape index (κ3) is 4.09. The van der Waals surface area contributed by atoms with E-state index >= 15 is 0 Å².